The van der Waals surface area contributed by atoms with Gasteiger partial charge in [-0.25, -0.2) is 0 Å². The maximum atomic E-state index is 3.55. The number of hydrogen-bond acceptors (Lipinski definition) is 1. The Morgan fingerprint density at radius 2 is 1.79 bits per heavy atom. The Bertz CT molecular complexity index is 150. The minimum atomic E-state index is 0.797. The normalized spacial score (nSPS) is 22.9. The van der Waals surface area contributed by atoms with E-state index < -0.39 is 0 Å². The molecular formula is C12H24BrN. The van der Waals surface area contributed by atoms with Gasteiger partial charge in [0.05, 0.1) is 0 Å². The third-order valence-corrected chi connectivity index (χ3v) is 4.51. The highest BCUT2D eigenvalue weighted by Crippen LogP contribution is 2.24. The predicted molar refractivity (Wildman–Crippen MR) is 67.0 cm³/mol. The predicted octanol–water partition coefficient (Wildman–Crippen LogP) is 3.39. The van der Waals surface area contributed by atoms with Crippen LogP contribution in [0.15, 0.2) is 0 Å². The molecule has 0 aromatic carbocycles. The zero-order valence-corrected chi connectivity index (χ0v) is 11.4. The summed E-state index contributed by atoms with van der Waals surface area (Å²) in [6.07, 6.45) is 2.82. The molecule has 1 aliphatic heterocycles. The van der Waals surface area contributed by atoms with Crippen LogP contribution in [0.2, 0.25) is 0 Å². The van der Waals surface area contributed by atoms with Crippen molar-refractivity contribution in [2.24, 2.45) is 17.8 Å². The van der Waals surface area contributed by atoms with Crippen LogP contribution < -0.4 is 0 Å². The van der Waals surface area contributed by atoms with Gasteiger partial charge in [0.15, 0.2) is 0 Å². The monoisotopic (exact) mass is 261 g/mol. The second kappa shape index (κ2) is 6.12. The zero-order valence-electron chi connectivity index (χ0n) is 9.80. The SMILES string of the molecule is CC(CBr)CN1CCC(C(C)C)CC1. The molecule has 0 spiro atoms. The van der Waals surface area contributed by atoms with Crippen LogP contribution in [0.1, 0.15) is 33.6 Å². The quantitative estimate of drug-likeness (QED) is 0.702. The van der Waals surface area contributed by atoms with Crippen LogP contribution in [0.3, 0.4) is 0 Å². The average molecular weight is 262 g/mol. The molecule has 1 aliphatic rings. The molecule has 1 saturated heterocycles. The van der Waals surface area contributed by atoms with Gasteiger partial charge in [-0.2, -0.15) is 0 Å². The Morgan fingerprint density at radius 3 is 2.21 bits per heavy atom. The topological polar surface area (TPSA) is 3.24 Å². The first kappa shape index (κ1) is 12.5. The standard InChI is InChI=1S/C12H24BrN/c1-10(2)12-4-6-14(7-5-12)9-11(3)8-13/h10-12H,4-9H2,1-3H3. The van der Waals surface area contributed by atoms with Gasteiger partial charge < -0.3 is 4.90 Å². The summed E-state index contributed by atoms with van der Waals surface area (Å²) in [7, 11) is 0. The number of alkyl halides is 1. The molecule has 0 aromatic heterocycles. The largest absolute Gasteiger partial charge is 0.303 e. The van der Waals surface area contributed by atoms with Crippen molar-refractivity contribution in [2.45, 2.75) is 33.6 Å². The molecule has 2 heteroatoms. The molecule has 84 valence electrons. The van der Waals surface area contributed by atoms with Crippen LogP contribution in [0.4, 0.5) is 0 Å². The minimum Gasteiger partial charge on any atom is -0.303 e. The summed E-state index contributed by atoms with van der Waals surface area (Å²) >= 11 is 3.55. The lowest BCUT2D eigenvalue weighted by atomic mass is 9.86. The fraction of sp³-hybridized carbons (Fsp3) is 1.00. The van der Waals surface area contributed by atoms with E-state index >= 15 is 0 Å². The molecule has 0 amide bonds. The molecule has 1 nitrogen and oxygen atoms in total. The maximum absolute atomic E-state index is 3.55. The Hall–Kier alpha value is 0.440. The van der Waals surface area contributed by atoms with Crippen LogP contribution in [0, 0.1) is 17.8 Å². The second-order valence-corrected chi connectivity index (χ2v) is 5.79. The van der Waals surface area contributed by atoms with Gasteiger partial charge in [0, 0.05) is 11.9 Å². The highest BCUT2D eigenvalue weighted by molar-refractivity contribution is 9.09. The van der Waals surface area contributed by atoms with Crippen molar-refractivity contribution in [1.29, 1.82) is 0 Å². The third-order valence-electron chi connectivity index (χ3n) is 3.41. The van der Waals surface area contributed by atoms with Crippen molar-refractivity contribution in [3.05, 3.63) is 0 Å². The van der Waals surface area contributed by atoms with Gasteiger partial charge in [-0.3, -0.25) is 0 Å². The van der Waals surface area contributed by atoms with Gasteiger partial charge >= 0.3 is 0 Å². The van der Waals surface area contributed by atoms with E-state index in [0.717, 1.165) is 23.1 Å². The maximum Gasteiger partial charge on any atom is 0.00692 e. The Kier molecular flexibility index (Phi) is 5.47. The van der Waals surface area contributed by atoms with Gasteiger partial charge in [-0.1, -0.05) is 36.7 Å². The molecule has 1 unspecified atom stereocenters. The number of nitrogens with zero attached hydrogens (tertiary/aromatic N) is 1. The van der Waals surface area contributed by atoms with Gasteiger partial charge in [-0.15, -0.1) is 0 Å². The lowest BCUT2D eigenvalue weighted by molar-refractivity contribution is 0.146. The van der Waals surface area contributed by atoms with Crippen LogP contribution in [0.25, 0.3) is 0 Å². The van der Waals surface area contributed by atoms with Gasteiger partial charge in [0.2, 0.25) is 0 Å². The first-order chi connectivity index (χ1) is 6.63. The van der Waals surface area contributed by atoms with E-state index in [1.54, 1.807) is 0 Å². The van der Waals surface area contributed by atoms with E-state index in [1.165, 1.54) is 32.5 Å². The van der Waals surface area contributed by atoms with E-state index in [0.29, 0.717) is 0 Å². The Morgan fingerprint density at radius 1 is 1.21 bits per heavy atom. The highest BCUT2D eigenvalue weighted by Gasteiger charge is 2.21. The van der Waals surface area contributed by atoms with Crippen LogP contribution in [-0.4, -0.2) is 29.9 Å². The first-order valence-electron chi connectivity index (χ1n) is 5.91. The van der Waals surface area contributed by atoms with E-state index in [2.05, 4.69) is 41.6 Å². The lowest BCUT2D eigenvalue weighted by Gasteiger charge is -2.34. The van der Waals surface area contributed by atoms with Gasteiger partial charge in [0.25, 0.3) is 0 Å². The fourth-order valence-corrected chi connectivity index (χ4v) is 2.50. The van der Waals surface area contributed by atoms with Crippen molar-refractivity contribution >= 4 is 15.9 Å². The molecule has 0 aliphatic carbocycles. The molecule has 1 atom stereocenters. The van der Waals surface area contributed by atoms with Crippen LogP contribution in [0.5, 0.6) is 0 Å². The van der Waals surface area contributed by atoms with Crippen LogP contribution >= 0.6 is 15.9 Å². The van der Waals surface area contributed by atoms with E-state index in [4.69, 9.17) is 0 Å². The van der Waals surface area contributed by atoms with Crippen LogP contribution in [-0.2, 0) is 0 Å². The second-order valence-electron chi connectivity index (χ2n) is 5.14. The molecule has 14 heavy (non-hydrogen) atoms. The molecule has 0 saturated carbocycles. The zero-order chi connectivity index (χ0) is 10.6. The molecule has 1 fully saturated rings. The van der Waals surface area contributed by atoms with Crippen molar-refractivity contribution in [3.63, 3.8) is 0 Å². The lowest BCUT2D eigenvalue weighted by Crippen LogP contribution is -2.38. The number of rotatable bonds is 4. The Labute approximate surface area is 97.4 Å². The summed E-state index contributed by atoms with van der Waals surface area (Å²) in [4.78, 5) is 2.63. The minimum absolute atomic E-state index is 0.797. The van der Waals surface area contributed by atoms with Gasteiger partial charge in [-0.05, 0) is 43.7 Å². The average Bonchev–Trinajstić information content (AvgIpc) is 2.18. The molecule has 0 bridgehead atoms. The fourth-order valence-electron chi connectivity index (χ4n) is 2.29. The van der Waals surface area contributed by atoms with Crippen molar-refractivity contribution in [1.82, 2.24) is 4.90 Å². The number of halogens is 1. The summed E-state index contributed by atoms with van der Waals surface area (Å²) in [6.45, 7) is 11.0. The summed E-state index contributed by atoms with van der Waals surface area (Å²) in [5, 5.41) is 1.14. The molecule has 0 N–H and O–H groups in total. The summed E-state index contributed by atoms with van der Waals surface area (Å²) < 4.78 is 0. The third kappa shape index (κ3) is 3.90. The van der Waals surface area contributed by atoms with Crippen molar-refractivity contribution in [3.8, 4) is 0 Å². The smallest absolute Gasteiger partial charge is 0.00692 e. The summed E-state index contributed by atoms with van der Waals surface area (Å²) in [6, 6.07) is 0. The molecule has 0 aromatic rings. The molecule has 1 heterocycles. The van der Waals surface area contributed by atoms with Crippen molar-refractivity contribution in [2.75, 3.05) is 25.0 Å². The summed E-state index contributed by atoms with van der Waals surface area (Å²) in [5.41, 5.74) is 0. The van der Waals surface area contributed by atoms with E-state index in [9.17, 15) is 0 Å². The Balaban J connectivity index is 2.22. The first-order valence-corrected chi connectivity index (χ1v) is 7.04. The van der Waals surface area contributed by atoms with Gasteiger partial charge in [0.1, 0.15) is 0 Å². The molecule has 1 rings (SSSR count). The van der Waals surface area contributed by atoms with E-state index in [1.807, 2.05) is 0 Å². The molecule has 0 radical (unpaired) electrons. The summed E-state index contributed by atoms with van der Waals surface area (Å²) in [5.74, 6) is 2.65. The number of hydrogen-bond donors (Lipinski definition) is 0. The van der Waals surface area contributed by atoms with Crippen molar-refractivity contribution < 1.29 is 0 Å². The number of likely N-dealkylation sites (tertiary alicyclic amines) is 1. The van der Waals surface area contributed by atoms with E-state index in [-0.39, 0.29) is 0 Å². The molecular weight excluding hydrogens is 238 g/mol. The highest BCUT2D eigenvalue weighted by atomic mass is 79.9. The number of piperidine rings is 1.